The van der Waals surface area contributed by atoms with E-state index in [1.54, 1.807) is 4.90 Å². The number of hydrogen-bond acceptors (Lipinski definition) is 8. The number of nitrogens with one attached hydrogen (secondary N) is 1. The molecule has 6 aliphatic rings. The summed E-state index contributed by atoms with van der Waals surface area (Å²) >= 11 is 0. The number of amides is 3. The van der Waals surface area contributed by atoms with E-state index in [0.717, 1.165) is 58.1 Å². The Balaban J connectivity index is 0.773. The Kier molecular flexibility index (Phi) is 8.68. The first-order valence-electron chi connectivity index (χ1n) is 19.6. The molecule has 0 radical (unpaired) electrons. The molecule has 4 aliphatic heterocycles. The zero-order chi connectivity index (χ0) is 35.4. The number of hydrogen-bond donors (Lipinski definition) is 2. The van der Waals surface area contributed by atoms with E-state index in [9.17, 15) is 19.5 Å². The van der Waals surface area contributed by atoms with Crippen LogP contribution < -0.4 is 15.1 Å². The number of imide groups is 1. The maximum Gasteiger partial charge on any atom is 0.256 e. The number of aryl methyl sites for hydroxylation is 1. The summed E-state index contributed by atoms with van der Waals surface area (Å²) in [4.78, 5) is 51.1. The van der Waals surface area contributed by atoms with Crippen LogP contribution in [-0.2, 0) is 22.6 Å². The fourth-order valence-electron chi connectivity index (χ4n) is 10.5. The van der Waals surface area contributed by atoms with Crippen molar-refractivity contribution in [1.82, 2.24) is 20.1 Å². The van der Waals surface area contributed by atoms with Gasteiger partial charge >= 0.3 is 0 Å². The van der Waals surface area contributed by atoms with Crippen molar-refractivity contribution in [3.63, 3.8) is 0 Å². The number of piperidine rings is 2. The zero-order valence-corrected chi connectivity index (χ0v) is 30.1. The highest BCUT2D eigenvalue weighted by Gasteiger charge is 2.46. The molecule has 52 heavy (non-hydrogen) atoms. The fourth-order valence-corrected chi connectivity index (χ4v) is 10.5. The van der Waals surface area contributed by atoms with Crippen LogP contribution in [0.5, 0.6) is 5.75 Å². The van der Waals surface area contributed by atoms with Gasteiger partial charge in [0, 0.05) is 63.8 Å². The van der Waals surface area contributed by atoms with E-state index < -0.39 is 11.9 Å². The largest absolute Gasteiger partial charge is 0.508 e. The molecule has 3 saturated heterocycles. The standard InChI is InChI=1S/C42H50N6O4/c49-32-7-8-33-30(25-32)13-18-42(16-1-2-17-42)39(33)29-3-5-31(6-4-29)46-19-14-28(15-20-46)26-45-21-23-47(24-22-45)37-11-9-34-35(43-37)27-48(41(34)52)36-10-12-38(50)44-40(36)51/h3-9,11,25,28,36,39,49H,1-2,10,12-24,26-27H2,(H,44,50,51)/t36-,39+/m0/s1. The molecule has 2 aliphatic carbocycles. The average Bonchev–Trinajstić information content (AvgIpc) is 3.76. The second kappa shape index (κ2) is 13.5. The highest BCUT2D eigenvalue weighted by molar-refractivity contribution is 6.05. The second-order valence-electron chi connectivity index (χ2n) is 16.3. The first kappa shape index (κ1) is 33.4. The Bertz CT molecular complexity index is 1860. The molecule has 0 unspecified atom stereocenters. The Morgan fingerprint density at radius 3 is 2.33 bits per heavy atom. The van der Waals surface area contributed by atoms with Crippen LogP contribution in [0, 0.1) is 11.3 Å². The topological polar surface area (TPSA) is 109 Å². The maximum atomic E-state index is 13.1. The zero-order valence-electron chi connectivity index (χ0n) is 30.1. The van der Waals surface area contributed by atoms with E-state index in [2.05, 4.69) is 50.3 Å². The van der Waals surface area contributed by atoms with Gasteiger partial charge in [0.05, 0.1) is 17.8 Å². The van der Waals surface area contributed by atoms with Crippen molar-refractivity contribution in [2.45, 2.75) is 82.7 Å². The molecule has 2 N–H and O–H groups in total. The third kappa shape index (κ3) is 6.12. The Morgan fingerprint density at radius 1 is 0.808 bits per heavy atom. The van der Waals surface area contributed by atoms with Gasteiger partial charge in [-0.25, -0.2) is 4.98 Å². The van der Waals surface area contributed by atoms with Crippen LogP contribution in [0.4, 0.5) is 11.5 Å². The highest BCUT2D eigenvalue weighted by atomic mass is 16.3. The number of piperazine rings is 1. The molecule has 1 spiro atoms. The monoisotopic (exact) mass is 702 g/mol. The number of aromatic hydroxyl groups is 1. The number of phenolic OH excluding ortho intramolecular Hbond substituents is 1. The Labute approximate surface area is 306 Å². The van der Waals surface area contributed by atoms with Gasteiger partial charge < -0.3 is 19.8 Å². The van der Waals surface area contributed by atoms with Gasteiger partial charge in [-0.2, -0.15) is 0 Å². The molecule has 3 amide bonds. The van der Waals surface area contributed by atoms with Crippen LogP contribution in [0.3, 0.4) is 0 Å². The van der Waals surface area contributed by atoms with Crippen LogP contribution in [0.1, 0.15) is 96.4 Å². The van der Waals surface area contributed by atoms with Crippen LogP contribution >= 0.6 is 0 Å². The van der Waals surface area contributed by atoms with Crippen LogP contribution in [0.25, 0.3) is 0 Å². The van der Waals surface area contributed by atoms with E-state index in [1.807, 2.05) is 24.3 Å². The molecule has 0 bridgehead atoms. The van der Waals surface area contributed by atoms with E-state index in [-0.39, 0.29) is 18.2 Å². The first-order valence-corrected chi connectivity index (χ1v) is 19.6. The molecule has 5 heterocycles. The van der Waals surface area contributed by atoms with Gasteiger partial charge in [0.1, 0.15) is 17.6 Å². The minimum absolute atomic E-state index is 0.179. The normalized spacial score (nSPS) is 25.1. The predicted octanol–water partition coefficient (Wildman–Crippen LogP) is 5.23. The van der Waals surface area contributed by atoms with Crippen molar-refractivity contribution in [1.29, 1.82) is 0 Å². The number of carbonyl (C=O) groups is 3. The molecular weight excluding hydrogens is 653 g/mol. The summed E-state index contributed by atoms with van der Waals surface area (Å²) in [6.45, 7) is 7.40. The molecule has 2 aromatic carbocycles. The number of fused-ring (bicyclic) bond motifs is 2. The third-order valence-electron chi connectivity index (χ3n) is 13.3. The summed E-state index contributed by atoms with van der Waals surface area (Å²) in [5, 5.41) is 12.6. The molecule has 10 nitrogen and oxygen atoms in total. The van der Waals surface area contributed by atoms with Crippen molar-refractivity contribution in [3.8, 4) is 5.75 Å². The third-order valence-corrected chi connectivity index (χ3v) is 13.3. The molecule has 10 heteroatoms. The number of pyridine rings is 1. The van der Waals surface area contributed by atoms with E-state index in [4.69, 9.17) is 4.98 Å². The van der Waals surface area contributed by atoms with Crippen LogP contribution in [0.15, 0.2) is 54.6 Å². The van der Waals surface area contributed by atoms with Gasteiger partial charge in [-0.1, -0.05) is 31.0 Å². The summed E-state index contributed by atoms with van der Waals surface area (Å²) in [6.07, 6.45) is 10.6. The predicted molar refractivity (Wildman–Crippen MR) is 199 cm³/mol. The van der Waals surface area contributed by atoms with Crippen LogP contribution in [0.2, 0.25) is 0 Å². The molecule has 1 aromatic heterocycles. The van der Waals surface area contributed by atoms with Gasteiger partial charge in [0.15, 0.2) is 0 Å². The molecular formula is C42H50N6O4. The minimum atomic E-state index is -0.620. The molecule has 4 fully saturated rings. The number of phenols is 1. The minimum Gasteiger partial charge on any atom is -0.508 e. The molecule has 3 aromatic rings. The highest BCUT2D eigenvalue weighted by Crippen LogP contribution is 2.58. The van der Waals surface area contributed by atoms with Gasteiger partial charge in [-0.15, -0.1) is 0 Å². The lowest BCUT2D eigenvalue weighted by Gasteiger charge is -2.43. The van der Waals surface area contributed by atoms with E-state index in [0.29, 0.717) is 47.2 Å². The number of nitrogens with zero attached hydrogens (tertiary/aromatic N) is 5. The van der Waals surface area contributed by atoms with Gasteiger partial charge in [-0.05, 0) is 109 Å². The summed E-state index contributed by atoms with van der Waals surface area (Å²) in [5.41, 5.74) is 7.16. The molecule has 2 atom stereocenters. The lowest BCUT2D eigenvalue weighted by atomic mass is 9.60. The van der Waals surface area contributed by atoms with Crippen molar-refractivity contribution in [3.05, 3.63) is 82.5 Å². The van der Waals surface area contributed by atoms with Crippen molar-refractivity contribution < 1.29 is 19.5 Å². The maximum absolute atomic E-state index is 13.1. The number of benzene rings is 2. The quantitative estimate of drug-likeness (QED) is 0.337. The van der Waals surface area contributed by atoms with Gasteiger partial charge in [0.2, 0.25) is 11.8 Å². The lowest BCUT2D eigenvalue weighted by Crippen LogP contribution is -2.52. The fraction of sp³-hybridized carbons (Fsp3) is 0.524. The first-order chi connectivity index (χ1) is 25.3. The Hall–Kier alpha value is -4.44. The SMILES string of the molecule is O=C1CC[C@H](N2Cc3nc(N4CCN(CC5CCN(c6ccc([C@@H]7c8ccc(O)cc8CCC78CCCC8)cc6)CC5)CC4)ccc3C2=O)C(=O)N1. The summed E-state index contributed by atoms with van der Waals surface area (Å²) in [7, 11) is 0. The molecule has 1 saturated carbocycles. The smallest absolute Gasteiger partial charge is 0.256 e. The van der Waals surface area contributed by atoms with E-state index >= 15 is 0 Å². The average molecular weight is 703 g/mol. The van der Waals surface area contributed by atoms with Crippen molar-refractivity contribution >= 4 is 29.2 Å². The number of carbonyl (C=O) groups excluding carboxylic acids is 3. The van der Waals surface area contributed by atoms with Crippen molar-refractivity contribution in [2.24, 2.45) is 11.3 Å². The number of anilines is 2. The van der Waals surface area contributed by atoms with Crippen LogP contribution in [-0.4, -0.2) is 89.5 Å². The van der Waals surface area contributed by atoms with E-state index in [1.165, 1.54) is 67.3 Å². The van der Waals surface area contributed by atoms with Crippen molar-refractivity contribution in [2.75, 3.05) is 55.6 Å². The Morgan fingerprint density at radius 2 is 1.58 bits per heavy atom. The van der Waals surface area contributed by atoms with Gasteiger partial charge in [-0.3, -0.25) is 24.6 Å². The van der Waals surface area contributed by atoms with Gasteiger partial charge in [0.25, 0.3) is 5.91 Å². The summed E-state index contributed by atoms with van der Waals surface area (Å²) < 4.78 is 0. The molecule has 272 valence electrons. The summed E-state index contributed by atoms with van der Waals surface area (Å²) in [6, 6.07) is 18.8. The second-order valence-corrected chi connectivity index (χ2v) is 16.3. The lowest BCUT2D eigenvalue weighted by molar-refractivity contribution is -0.136. The number of rotatable bonds is 6. The number of aromatic nitrogens is 1. The molecule has 9 rings (SSSR count). The summed E-state index contributed by atoms with van der Waals surface area (Å²) in [5.74, 6) is 1.53.